The first-order valence-corrected chi connectivity index (χ1v) is 8.50. The zero-order valence-corrected chi connectivity index (χ0v) is 13.1. The van der Waals surface area contributed by atoms with Crippen molar-refractivity contribution in [2.75, 3.05) is 12.3 Å². The van der Waals surface area contributed by atoms with Crippen molar-refractivity contribution in [3.63, 3.8) is 0 Å². The minimum absolute atomic E-state index is 0.114. The van der Waals surface area contributed by atoms with Gasteiger partial charge in [0, 0.05) is 6.54 Å². The van der Waals surface area contributed by atoms with Crippen LogP contribution in [0.3, 0.4) is 0 Å². The van der Waals surface area contributed by atoms with E-state index in [1.807, 2.05) is 6.92 Å². The van der Waals surface area contributed by atoms with Gasteiger partial charge in [0.05, 0.1) is 5.75 Å². The number of unbranched alkanes of at least 4 members (excludes halogenated alkanes) is 1. The number of hydrogen-bond donors (Lipinski definition) is 0. The van der Waals surface area contributed by atoms with Crippen LogP contribution in [0.2, 0.25) is 0 Å². The molecule has 0 amide bonds. The Labute approximate surface area is 116 Å². The van der Waals surface area contributed by atoms with Crippen molar-refractivity contribution < 1.29 is 17.9 Å². The number of ether oxygens (including phenoxy) is 1. The highest BCUT2D eigenvalue weighted by atomic mass is 32.2. The molecule has 0 unspecified atom stereocenters. The molecule has 0 bridgehead atoms. The summed E-state index contributed by atoms with van der Waals surface area (Å²) in [7, 11) is -3.34. The van der Waals surface area contributed by atoms with Gasteiger partial charge in [-0.3, -0.25) is 4.79 Å². The van der Waals surface area contributed by atoms with Gasteiger partial charge in [0.1, 0.15) is 11.6 Å². The third kappa shape index (κ3) is 4.76. The van der Waals surface area contributed by atoms with Crippen molar-refractivity contribution in [3.8, 4) is 0 Å². The number of rotatable bonds is 5. The summed E-state index contributed by atoms with van der Waals surface area (Å²) < 4.78 is 31.0. The Hall–Kier alpha value is -0.620. The van der Waals surface area contributed by atoms with E-state index in [2.05, 4.69) is 0 Å². The van der Waals surface area contributed by atoms with E-state index in [0.717, 1.165) is 12.8 Å². The average molecular weight is 291 g/mol. The second-order valence-electron chi connectivity index (χ2n) is 5.97. The number of hydrogen-bond acceptors (Lipinski definition) is 4. The average Bonchev–Trinajstić information content (AvgIpc) is 2.73. The molecule has 0 N–H and O–H groups in total. The van der Waals surface area contributed by atoms with Gasteiger partial charge >= 0.3 is 5.97 Å². The summed E-state index contributed by atoms with van der Waals surface area (Å²) in [5.41, 5.74) is -0.585. The van der Waals surface area contributed by atoms with Gasteiger partial charge in [-0.2, -0.15) is 4.31 Å². The first-order chi connectivity index (χ1) is 8.67. The highest BCUT2D eigenvalue weighted by molar-refractivity contribution is 7.89. The third-order valence-electron chi connectivity index (χ3n) is 3.00. The van der Waals surface area contributed by atoms with Crippen molar-refractivity contribution >= 4 is 16.0 Å². The van der Waals surface area contributed by atoms with E-state index in [1.165, 1.54) is 4.31 Å². The van der Waals surface area contributed by atoms with Crippen molar-refractivity contribution in [2.24, 2.45) is 0 Å². The minimum atomic E-state index is -3.34. The highest BCUT2D eigenvalue weighted by Gasteiger charge is 2.40. The molecular formula is C13H25NO4S. The van der Waals surface area contributed by atoms with E-state index in [-0.39, 0.29) is 5.75 Å². The molecule has 0 aromatic heterocycles. The summed E-state index contributed by atoms with van der Waals surface area (Å²) in [6.45, 7) is 7.74. The summed E-state index contributed by atoms with van der Waals surface area (Å²) in [4.78, 5) is 12.1. The van der Waals surface area contributed by atoms with Gasteiger partial charge in [-0.1, -0.05) is 13.3 Å². The maximum absolute atomic E-state index is 12.2. The van der Waals surface area contributed by atoms with Gasteiger partial charge in [0.2, 0.25) is 10.0 Å². The standard InChI is InChI=1S/C13H25NO4S/c1-5-6-10-19(16,17)14-9-7-8-11(14)12(15)18-13(2,3)4/h11H,5-10H2,1-4H3/t11-/m0/s1. The molecule has 1 heterocycles. The van der Waals surface area contributed by atoms with E-state index in [1.54, 1.807) is 20.8 Å². The first-order valence-electron chi connectivity index (χ1n) is 6.90. The van der Waals surface area contributed by atoms with Crippen molar-refractivity contribution in [3.05, 3.63) is 0 Å². The molecule has 0 aromatic rings. The number of sulfonamides is 1. The second-order valence-corrected chi connectivity index (χ2v) is 8.01. The maximum Gasteiger partial charge on any atom is 0.324 e. The van der Waals surface area contributed by atoms with Gasteiger partial charge < -0.3 is 4.74 Å². The Morgan fingerprint density at radius 1 is 1.37 bits per heavy atom. The van der Waals surface area contributed by atoms with Crippen molar-refractivity contribution in [1.82, 2.24) is 4.31 Å². The molecule has 0 aromatic carbocycles. The fourth-order valence-electron chi connectivity index (χ4n) is 2.12. The Morgan fingerprint density at radius 2 is 2.00 bits per heavy atom. The van der Waals surface area contributed by atoms with E-state index in [4.69, 9.17) is 4.74 Å². The Balaban J connectivity index is 2.76. The fraction of sp³-hybridized carbons (Fsp3) is 0.923. The lowest BCUT2D eigenvalue weighted by atomic mass is 10.2. The molecule has 0 saturated carbocycles. The molecular weight excluding hydrogens is 266 g/mol. The third-order valence-corrected chi connectivity index (χ3v) is 4.95. The summed E-state index contributed by atoms with van der Waals surface area (Å²) in [6.07, 6.45) is 2.72. The van der Waals surface area contributed by atoms with Crippen molar-refractivity contribution in [1.29, 1.82) is 0 Å². The smallest absolute Gasteiger partial charge is 0.324 e. The predicted molar refractivity (Wildman–Crippen MR) is 74.3 cm³/mol. The summed E-state index contributed by atoms with van der Waals surface area (Å²) in [6, 6.07) is -0.638. The van der Waals surface area contributed by atoms with E-state index < -0.39 is 27.6 Å². The zero-order valence-electron chi connectivity index (χ0n) is 12.3. The second kappa shape index (κ2) is 6.22. The van der Waals surface area contributed by atoms with Gasteiger partial charge in [0.25, 0.3) is 0 Å². The first kappa shape index (κ1) is 16.4. The highest BCUT2D eigenvalue weighted by Crippen LogP contribution is 2.24. The molecule has 5 nitrogen and oxygen atoms in total. The van der Waals surface area contributed by atoms with E-state index in [0.29, 0.717) is 19.4 Å². The van der Waals surface area contributed by atoms with Crippen LogP contribution < -0.4 is 0 Å². The summed E-state index contributed by atoms with van der Waals surface area (Å²) >= 11 is 0. The zero-order chi connectivity index (χ0) is 14.7. The van der Waals surface area contributed by atoms with Gasteiger partial charge in [-0.15, -0.1) is 0 Å². The van der Waals surface area contributed by atoms with E-state index in [9.17, 15) is 13.2 Å². The molecule has 1 aliphatic rings. The topological polar surface area (TPSA) is 63.7 Å². The Kier molecular flexibility index (Phi) is 5.38. The number of carbonyl (C=O) groups is 1. The number of esters is 1. The largest absolute Gasteiger partial charge is 0.459 e. The van der Waals surface area contributed by atoms with Crippen LogP contribution in [0.1, 0.15) is 53.4 Å². The molecule has 19 heavy (non-hydrogen) atoms. The van der Waals surface area contributed by atoms with E-state index >= 15 is 0 Å². The normalized spacial score (nSPS) is 21.6. The molecule has 1 rings (SSSR count). The lowest BCUT2D eigenvalue weighted by molar-refractivity contribution is -0.158. The Morgan fingerprint density at radius 3 is 2.53 bits per heavy atom. The number of nitrogens with zero attached hydrogens (tertiary/aromatic N) is 1. The van der Waals surface area contributed by atoms with Gasteiger partial charge in [-0.25, -0.2) is 8.42 Å². The van der Waals surface area contributed by atoms with Gasteiger partial charge in [0.15, 0.2) is 0 Å². The monoisotopic (exact) mass is 291 g/mol. The fourth-order valence-corrected chi connectivity index (χ4v) is 4.00. The van der Waals surface area contributed by atoms with Crippen LogP contribution in [0.5, 0.6) is 0 Å². The SMILES string of the molecule is CCCCS(=O)(=O)N1CCC[C@H]1C(=O)OC(C)(C)C. The number of carbonyl (C=O) groups excluding carboxylic acids is 1. The lowest BCUT2D eigenvalue weighted by Gasteiger charge is -2.26. The molecule has 1 aliphatic heterocycles. The quantitative estimate of drug-likeness (QED) is 0.726. The van der Waals surface area contributed by atoms with Crippen molar-refractivity contribution in [2.45, 2.75) is 65.0 Å². The molecule has 0 radical (unpaired) electrons. The van der Waals surface area contributed by atoms with Crippen LogP contribution in [-0.4, -0.2) is 42.6 Å². The van der Waals surface area contributed by atoms with Crippen LogP contribution in [0, 0.1) is 0 Å². The minimum Gasteiger partial charge on any atom is -0.459 e. The molecule has 1 saturated heterocycles. The molecule has 6 heteroatoms. The van der Waals surface area contributed by atoms with Crippen LogP contribution in [0.25, 0.3) is 0 Å². The maximum atomic E-state index is 12.2. The van der Waals surface area contributed by atoms with Crippen LogP contribution in [-0.2, 0) is 19.6 Å². The van der Waals surface area contributed by atoms with Crippen LogP contribution in [0.15, 0.2) is 0 Å². The molecule has 0 aliphatic carbocycles. The Bertz CT molecular complexity index is 411. The molecule has 112 valence electrons. The molecule has 1 fully saturated rings. The predicted octanol–water partition coefficient (Wildman–Crippen LogP) is 1.92. The van der Waals surface area contributed by atoms with Gasteiger partial charge in [-0.05, 0) is 40.0 Å². The molecule has 0 spiro atoms. The summed E-state index contributed by atoms with van der Waals surface area (Å²) in [5, 5.41) is 0. The summed E-state index contributed by atoms with van der Waals surface area (Å²) in [5.74, 6) is -0.312. The van der Waals surface area contributed by atoms with Crippen LogP contribution >= 0.6 is 0 Å². The van der Waals surface area contributed by atoms with Crippen LogP contribution in [0.4, 0.5) is 0 Å². The molecule has 1 atom stereocenters. The lowest BCUT2D eigenvalue weighted by Crippen LogP contribution is -2.44.